The fourth-order valence-corrected chi connectivity index (χ4v) is 5.66. The molecule has 37 heavy (non-hydrogen) atoms. The predicted octanol–water partition coefficient (Wildman–Crippen LogP) is 2.93. The summed E-state index contributed by atoms with van der Waals surface area (Å²) in [5.41, 5.74) is 1.68. The van der Waals surface area contributed by atoms with Crippen LogP contribution in [0.25, 0.3) is 16.9 Å². The molecular weight excluding hydrogens is 494 g/mol. The molecule has 0 saturated heterocycles. The molecular formula is C26H31N5O5S. The summed E-state index contributed by atoms with van der Waals surface area (Å²) in [6.45, 7) is 5.61. The highest BCUT2D eigenvalue weighted by Crippen LogP contribution is 2.31. The molecule has 0 aliphatic rings. The van der Waals surface area contributed by atoms with Gasteiger partial charge in [0.1, 0.15) is 11.6 Å². The maximum Gasteiger partial charge on any atom is 0.277 e. The number of benzene rings is 2. The Kier molecular flexibility index (Phi) is 8.06. The molecule has 0 aliphatic carbocycles. The number of aryl methyl sites for hydroxylation is 2. The van der Waals surface area contributed by atoms with E-state index < -0.39 is 10.0 Å². The van der Waals surface area contributed by atoms with Gasteiger partial charge in [0, 0.05) is 19.5 Å². The van der Waals surface area contributed by atoms with E-state index >= 15 is 0 Å². The number of imidazole rings is 1. The van der Waals surface area contributed by atoms with Gasteiger partial charge in [0.25, 0.3) is 5.56 Å². The quantitative estimate of drug-likeness (QED) is 0.308. The Morgan fingerprint density at radius 3 is 2.57 bits per heavy atom. The molecule has 0 saturated carbocycles. The molecule has 4 aromatic rings. The molecule has 0 atom stereocenters. The lowest BCUT2D eigenvalue weighted by atomic mass is 10.2. The van der Waals surface area contributed by atoms with Gasteiger partial charge in [-0.1, -0.05) is 37.3 Å². The number of aliphatic hydroxyl groups is 1. The maximum atomic E-state index is 13.7. The molecule has 2 N–H and O–H groups in total. The zero-order valence-electron chi connectivity index (χ0n) is 21.1. The number of sulfonamides is 1. The van der Waals surface area contributed by atoms with Crippen molar-refractivity contribution in [2.24, 2.45) is 0 Å². The minimum absolute atomic E-state index is 0.00586. The summed E-state index contributed by atoms with van der Waals surface area (Å²) >= 11 is 0. The van der Waals surface area contributed by atoms with Crippen molar-refractivity contribution in [3.05, 3.63) is 76.0 Å². The van der Waals surface area contributed by atoms with E-state index in [0.717, 1.165) is 12.0 Å². The van der Waals surface area contributed by atoms with Crippen LogP contribution in [0.4, 0.5) is 0 Å². The summed E-state index contributed by atoms with van der Waals surface area (Å²) in [5, 5.41) is 14.2. The van der Waals surface area contributed by atoms with Crippen molar-refractivity contribution < 1.29 is 18.3 Å². The summed E-state index contributed by atoms with van der Waals surface area (Å²) in [6.07, 6.45) is 1.45. The molecule has 0 fully saturated rings. The van der Waals surface area contributed by atoms with Crippen LogP contribution in [0.1, 0.15) is 37.4 Å². The monoisotopic (exact) mass is 525 g/mol. The number of aromatic nitrogens is 4. The van der Waals surface area contributed by atoms with Crippen LogP contribution in [0.3, 0.4) is 0 Å². The first kappa shape index (κ1) is 26.5. The van der Waals surface area contributed by atoms with Crippen LogP contribution in [0.15, 0.2) is 58.2 Å². The summed E-state index contributed by atoms with van der Waals surface area (Å²) in [6, 6.07) is 13.6. The summed E-state index contributed by atoms with van der Waals surface area (Å²) in [7, 11) is -4.01. The van der Waals surface area contributed by atoms with Gasteiger partial charge >= 0.3 is 0 Å². The first-order chi connectivity index (χ1) is 17.8. The topological polar surface area (TPSA) is 130 Å². The zero-order chi connectivity index (χ0) is 26.6. The number of nitrogens with one attached hydrogen (secondary N) is 1. The van der Waals surface area contributed by atoms with Crippen LogP contribution in [-0.4, -0.2) is 57.2 Å². The summed E-state index contributed by atoms with van der Waals surface area (Å²) in [4.78, 5) is 20.3. The Hall–Kier alpha value is -3.54. The third-order valence-electron chi connectivity index (χ3n) is 5.91. The normalized spacial score (nSPS) is 11.9. The fourth-order valence-electron chi connectivity index (χ4n) is 4.21. The number of rotatable bonds is 11. The third kappa shape index (κ3) is 5.43. The molecule has 0 spiro atoms. The minimum atomic E-state index is -4.01. The standard InChI is InChI=1S/C26H31N5O5S/c1-4-9-23-27-18(3)24-26(33)28-25(29-31(23)24)21-16-20(12-13-22(21)36-5-2)37(34,35)30(14-15-32)17-19-10-7-6-8-11-19/h6-8,10-13,16,32H,4-5,9,14-15,17H2,1-3H3,(H,28,29,33). The van der Waals surface area contributed by atoms with Gasteiger partial charge in [-0.05, 0) is 44.0 Å². The number of aromatic amines is 1. The number of nitrogens with zero attached hydrogens (tertiary/aromatic N) is 4. The van der Waals surface area contributed by atoms with Gasteiger partial charge < -0.3 is 14.8 Å². The van der Waals surface area contributed by atoms with Gasteiger partial charge in [-0.2, -0.15) is 4.31 Å². The van der Waals surface area contributed by atoms with E-state index in [1.807, 2.05) is 44.2 Å². The highest BCUT2D eigenvalue weighted by atomic mass is 32.2. The van der Waals surface area contributed by atoms with Gasteiger partial charge in [-0.15, -0.1) is 5.10 Å². The number of H-pyrrole nitrogens is 1. The van der Waals surface area contributed by atoms with Gasteiger partial charge in [0.15, 0.2) is 11.3 Å². The van der Waals surface area contributed by atoms with Gasteiger partial charge in [-0.3, -0.25) is 4.79 Å². The smallest absolute Gasteiger partial charge is 0.277 e. The largest absolute Gasteiger partial charge is 0.493 e. The Morgan fingerprint density at radius 2 is 1.89 bits per heavy atom. The van der Waals surface area contributed by atoms with Crippen LogP contribution in [0.2, 0.25) is 0 Å². The fraction of sp³-hybridized carbons (Fsp3) is 0.346. The Bertz CT molecular complexity index is 1550. The van der Waals surface area contributed by atoms with Crippen molar-refractivity contribution in [2.75, 3.05) is 19.8 Å². The Morgan fingerprint density at radius 1 is 1.14 bits per heavy atom. The molecule has 0 amide bonds. The van der Waals surface area contributed by atoms with E-state index in [0.29, 0.717) is 41.4 Å². The van der Waals surface area contributed by atoms with Crippen molar-refractivity contribution in [3.8, 4) is 17.1 Å². The van der Waals surface area contributed by atoms with E-state index in [1.54, 1.807) is 13.0 Å². The van der Waals surface area contributed by atoms with E-state index in [-0.39, 0.29) is 36.0 Å². The molecule has 2 aromatic heterocycles. The minimum Gasteiger partial charge on any atom is -0.493 e. The zero-order valence-corrected chi connectivity index (χ0v) is 22.0. The Labute approximate surface area is 215 Å². The van der Waals surface area contributed by atoms with Crippen LogP contribution in [0, 0.1) is 6.92 Å². The van der Waals surface area contributed by atoms with Gasteiger partial charge in [0.05, 0.1) is 29.4 Å². The number of aliphatic hydroxyl groups excluding tert-OH is 1. The number of ether oxygens (including phenoxy) is 1. The first-order valence-electron chi connectivity index (χ1n) is 12.2. The van der Waals surface area contributed by atoms with Crippen LogP contribution >= 0.6 is 0 Å². The van der Waals surface area contributed by atoms with E-state index in [4.69, 9.17) is 4.74 Å². The van der Waals surface area contributed by atoms with Crippen LogP contribution < -0.4 is 10.3 Å². The molecule has 0 unspecified atom stereocenters. The van der Waals surface area contributed by atoms with Crippen molar-refractivity contribution in [3.63, 3.8) is 0 Å². The highest BCUT2D eigenvalue weighted by molar-refractivity contribution is 7.89. The van der Waals surface area contributed by atoms with Crippen molar-refractivity contribution in [1.82, 2.24) is 23.9 Å². The van der Waals surface area contributed by atoms with Crippen molar-refractivity contribution >= 4 is 15.5 Å². The maximum absolute atomic E-state index is 13.7. The second-order valence-electron chi connectivity index (χ2n) is 8.57. The summed E-state index contributed by atoms with van der Waals surface area (Å²) in [5.74, 6) is 1.21. The lowest BCUT2D eigenvalue weighted by Crippen LogP contribution is -2.33. The molecule has 10 nitrogen and oxygen atoms in total. The average Bonchev–Trinajstić information content (AvgIpc) is 3.20. The van der Waals surface area contributed by atoms with Crippen molar-refractivity contribution in [1.29, 1.82) is 0 Å². The third-order valence-corrected chi connectivity index (χ3v) is 7.75. The molecule has 196 valence electrons. The second-order valence-corrected chi connectivity index (χ2v) is 10.5. The predicted molar refractivity (Wildman–Crippen MR) is 140 cm³/mol. The molecule has 2 aromatic carbocycles. The lowest BCUT2D eigenvalue weighted by molar-refractivity contribution is 0.251. The molecule has 0 radical (unpaired) electrons. The molecule has 0 bridgehead atoms. The average molecular weight is 526 g/mol. The second kappa shape index (κ2) is 11.2. The van der Waals surface area contributed by atoms with Crippen molar-refractivity contribution in [2.45, 2.75) is 45.1 Å². The molecule has 4 rings (SSSR count). The van der Waals surface area contributed by atoms with E-state index in [9.17, 15) is 18.3 Å². The van der Waals surface area contributed by atoms with Gasteiger partial charge in [-0.25, -0.2) is 17.9 Å². The lowest BCUT2D eigenvalue weighted by Gasteiger charge is -2.22. The number of fused-ring (bicyclic) bond motifs is 1. The molecule has 0 aliphatic heterocycles. The summed E-state index contributed by atoms with van der Waals surface area (Å²) < 4.78 is 35.8. The van der Waals surface area contributed by atoms with Gasteiger partial charge in [0.2, 0.25) is 10.0 Å². The molecule has 2 heterocycles. The first-order valence-corrected chi connectivity index (χ1v) is 13.6. The molecule has 11 heteroatoms. The van der Waals surface area contributed by atoms with E-state index in [1.165, 1.54) is 21.0 Å². The SMILES string of the molecule is CCCc1nc(C)c2c(=O)[nH]c(-c3cc(S(=O)(=O)N(CCO)Cc4ccccc4)ccc3OCC)nn12. The highest BCUT2D eigenvalue weighted by Gasteiger charge is 2.26. The number of hydrogen-bond acceptors (Lipinski definition) is 7. The van der Waals surface area contributed by atoms with Crippen LogP contribution in [0.5, 0.6) is 5.75 Å². The Balaban J connectivity index is 1.85. The number of hydrogen-bond donors (Lipinski definition) is 2. The van der Waals surface area contributed by atoms with Crippen LogP contribution in [-0.2, 0) is 23.0 Å². The van der Waals surface area contributed by atoms with E-state index in [2.05, 4.69) is 15.1 Å².